The van der Waals surface area contributed by atoms with Crippen LogP contribution < -0.4 is 10.2 Å². The molecule has 13 heteroatoms. The monoisotopic (exact) mass is 620 g/mol. The van der Waals surface area contributed by atoms with Crippen molar-refractivity contribution >= 4 is 34.7 Å². The summed E-state index contributed by atoms with van der Waals surface area (Å²) in [6, 6.07) is 2.68. The summed E-state index contributed by atoms with van der Waals surface area (Å²) in [5.74, 6) is -2.33. The molecule has 1 aromatic carbocycles. The highest BCUT2D eigenvalue weighted by Gasteiger charge is 2.68. The van der Waals surface area contributed by atoms with Gasteiger partial charge in [0.05, 0.1) is 24.7 Å². The minimum absolute atomic E-state index is 0.101. The van der Waals surface area contributed by atoms with Gasteiger partial charge in [0.1, 0.15) is 6.10 Å². The lowest BCUT2D eigenvalue weighted by Crippen LogP contribution is -2.63. The van der Waals surface area contributed by atoms with Gasteiger partial charge in [-0.15, -0.1) is 6.58 Å². The molecule has 5 rings (SSSR count). The summed E-state index contributed by atoms with van der Waals surface area (Å²) in [4.78, 5) is 13.4. The molecular formula is C30H42BFN2O8S. The molecule has 0 spiro atoms. The van der Waals surface area contributed by atoms with Gasteiger partial charge in [-0.3, -0.25) is 0 Å². The van der Waals surface area contributed by atoms with Gasteiger partial charge in [-0.2, -0.15) is 5.10 Å². The Hall–Kier alpha value is -2.48. The first-order valence-corrected chi connectivity index (χ1v) is 16.7. The second-order valence-corrected chi connectivity index (χ2v) is 15.4. The molecule has 0 radical (unpaired) electrons. The molecule has 1 unspecified atom stereocenters. The molecule has 0 amide bonds. The number of hydrogen-bond acceptors (Lipinski definition) is 9. The van der Waals surface area contributed by atoms with Crippen molar-refractivity contribution in [1.82, 2.24) is 4.33 Å². The summed E-state index contributed by atoms with van der Waals surface area (Å²) in [5.41, 5.74) is -1.88. The van der Waals surface area contributed by atoms with E-state index in [1.54, 1.807) is 6.08 Å². The number of halogens is 1. The third-order valence-electron chi connectivity index (χ3n) is 11.4. The van der Waals surface area contributed by atoms with Gasteiger partial charge >= 0.3 is 13.0 Å². The fourth-order valence-electron chi connectivity index (χ4n) is 8.76. The largest absolute Gasteiger partial charge is 0.487 e. The Labute approximate surface area is 253 Å². The van der Waals surface area contributed by atoms with Gasteiger partial charge in [0.15, 0.2) is 18.2 Å². The number of sulfonamides is 1. The molecule has 3 saturated carbocycles. The van der Waals surface area contributed by atoms with Crippen molar-refractivity contribution in [2.24, 2.45) is 39.1 Å². The Bertz CT molecular complexity index is 1440. The van der Waals surface area contributed by atoms with E-state index in [1.165, 1.54) is 12.1 Å². The van der Waals surface area contributed by atoms with Crippen molar-refractivity contribution in [3.63, 3.8) is 0 Å². The average Bonchev–Trinajstić information content (AvgIpc) is 3.30. The molecule has 0 saturated heterocycles. The highest BCUT2D eigenvalue weighted by Crippen LogP contribution is 2.69. The topological polar surface area (TPSA) is 146 Å². The molecule has 3 fully saturated rings. The van der Waals surface area contributed by atoms with Crippen LogP contribution in [0.15, 0.2) is 29.9 Å². The molecule has 1 aromatic rings. The zero-order valence-corrected chi connectivity index (χ0v) is 26.2. The molecule has 9 atom stereocenters. The van der Waals surface area contributed by atoms with Crippen molar-refractivity contribution in [3.8, 4) is 5.75 Å². The van der Waals surface area contributed by atoms with E-state index in [-0.39, 0.29) is 46.4 Å². The zero-order valence-electron chi connectivity index (χ0n) is 25.4. The summed E-state index contributed by atoms with van der Waals surface area (Å²) >= 11 is 0. The van der Waals surface area contributed by atoms with E-state index < -0.39 is 64.6 Å². The van der Waals surface area contributed by atoms with Gasteiger partial charge in [-0.1, -0.05) is 33.8 Å². The van der Waals surface area contributed by atoms with Crippen molar-refractivity contribution < 1.29 is 42.3 Å². The van der Waals surface area contributed by atoms with Crippen LogP contribution in [0.4, 0.5) is 4.39 Å². The summed E-state index contributed by atoms with van der Waals surface area (Å²) in [7, 11) is -5.89. The van der Waals surface area contributed by atoms with Crippen LogP contribution in [0.1, 0.15) is 65.4 Å². The van der Waals surface area contributed by atoms with Crippen LogP contribution in [0.2, 0.25) is 0 Å². The molecule has 4 aliphatic rings. The van der Waals surface area contributed by atoms with E-state index in [9.17, 15) is 28.4 Å². The Morgan fingerprint density at radius 2 is 1.93 bits per heavy atom. The van der Waals surface area contributed by atoms with Gasteiger partial charge in [-0.05, 0) is 73.0 Å². The van der Waals surface area contributed by atoms with Gasteiger partial charge in [-0.25, -0.2) is 21.9 Å². The Kier molecular flexibility index (Phi) is 8.06. The molecule has 10 nitrogen and oxygen atoms in total. The van der Waals surface area contributed by atoms with Crippen molar-refractivity contribution in [2.45, 2.75) is 78.1 Å². The third kappa shape index (κ3) is 4.90. The molecule has 1 heterocycles. The van der Waals surface area contributed by atoms with Crippen LogP contribution in [0, 0.1) is 39.8 Å². The number of nitrogens with zero attached hydrogens (tertiary/aromatic N) is 2. The van der Waals surface area contributed by atoms with Crippen LogP contribution in [0.3, 0.4) is 0 Å². The molecule has 43 heavy (non-hydrogen) atoms. The quantitative estimate of drug-likeness (QED) is 0.249. The minimum atomic E-state index is -3.98. The summed E-state index contributed by atoms with van der Waals surface area (Å²) < 4.78 is 51.5. The molecule has 236 valence electrons. The number of hydrazone groups is 1. The standard InChI is InChI=1S/C30H42BFN2O8S/c1-7-28(4)14-22(29(5)17(2)10-12-30(18(3)27(28)37)13-11-20(35)26(29)30)42-23(36)16-41-21-9-8-19-15-33-34(43(6,39)40)31(38)24(19)25(21)32/h7-9,15,17-18,20,22,26-27,35,37-38H,1,10-14,16H2,2-6H3/t17-,18+,20?,22-,26+,27+,28-,29+,30+/m1/s1. The number of aliphatic hydroxyl groups is 2. The van der Waals surface area contributed by atoms with Crippen LogP contribution in [0.5, 0.6) is 5.75 Å². The lowest BCUT2D eigenvalue weighted by Gasteiger charge is -2.63. The Morgan fingerprint density at radius 3 is 2.58 bits per heavy atom. The van der Waals surface area contributed by atoms with Gasteiger partial charge < -0.3 is 24.7 Å². The molecule has 0 aromatic heterocycles. The second-order valence-electron chi connectivity index (χ2n) is 13.6. The number of esters is 1. The maximum Gasteiger partial charge on any atom is 0.487 e. The van der Waals surface area contributed by atoms with Crippen molar-refractivity contribution in [1.29, 1.82) is 0 Å². The van der Waals surface area contributed by atoms with Crippen LogP contribution in [0.25, 0.3) is 0 Å². The number of carbonyl (C=O) groups is 1. The fraction of sp³-hybridized carbons (Fsp3) is 0.667. The van der Waals surface area contributed by atoms with Crippen molar-refractivity contribution in [2.75, 3.05) is 12.9 Å². The number of benzene rings is 1. The number of aliphatic hydroxyl groups excluding tert-OH is 2. The van der Waals surface area contributed by atoms with Gasteiger partial charge in [0.25, 0.3) is 0 Å². The van der Waals surface area contributed by atoms with Crippen LogP contribution >= 0.6 is 0 Å². The normalized spacial score (nSPS) is 38.9. The predicted molar refractivity (Wildman–Crippen MR) is 159 cm³/mol. The molecule has 2 bridgehead atoms. The maximum absolute atomic E-state index is 15.5. The summed E-state index contributed by atoms with van der Waals surface area (Å²) in [6.07, 6.45) is 5.03. The zero-order chi connectivity index (χ0) is 31.7. The molecular weight excluding hydrogens is 578 g/mol. The third-order valence-corrected chi connectivity index (χ3v) is 12.4. The van der Waals surface area contributed by atoms with E-state index in [2.05, 4.69) is 32.5 Å². The Balaban J connectivity index is 1.42. The second kappa shape index (κ2) is 10.9. The average molecular weight is 621 g/mol. The minimum Gasteiger partial charge on any atom is -0.479 e. The predicted octanol–water partition coefficient (Wildman–Crippen LogP) is 2.20. The first kappa shape index (κ1) is 31.9. The smallest absolute Gasteiger partial charge is 0.479 e. The van der Waals surface area contributed by atoms with Crippen LogP contribution in [-0.2, 0) is 19.6 Å². The van der Waals surface area contributed by atoms with Crippen molar-refractivity contribution in [3.05, 3.63) is 36.2 Å². The van der Waals surface area contributed by atoms with Gasteiger partial charge in [0, 0.05) is 16.3 Å². The van der Waals surface area contributed by atoms with E-state index in [1.807, 2.05) is 6.92 Å². The SMILES string of the molecule is C=C[C@]1(C)C[C@@H](OC(=O)COc2ccc3c(c2F)B(O)N(S(C)(=O)=O)N=C3)[C@]2(C)[C@H](C)CC[C@]3(CCC(O)[C@H]32)[C@@H](C)[C@@H]1O. The number of carbonyl (C=O) groups excluding carboxylic acids is 1. The van der Waals surface area contributed by atoms with E-state index in [0.717, 1.165) is 31.7 Å². The Morgan fingerprint density at radius 1 is 1.26 bits per heavy atom. The first-order chi connectivity index (χ1) is 20.0. The van der Waals surface area contributed by atoms with E-state index >= 15 is 4.39 Å². The highest BCUT2D eigenvalue weighted by atomic mass is 32.2. The lowest BCUT2D eigenvalue weighted by atomic mass is 9.43. The number of rotatable bonds is 6. The molecule has 3 N–H and O–H groups in total. The number of fused-ring (bicyclic) bond motifs is 1. The van der Waals surface area contributed by atoms with E-state index in [0.29, 0.717) is 10.7 Å². The highest BCUT2D eigenvalue weighted by molar-refractivity contribution is 7.89. The molecule has 3 aliphatic carbocycles. The summed E-state index contributed by atoms with van der Waals surface area (Å²) in [6.45, 7) is 11.6. The van der Waals surface area contributed by atoms with Gasteiger partial charge in [0.2, 0.25) is 10.0 Å². The maximum atomic E-state index is 15.5. The fourth-order valence-corrected chi connectivity index (χ4v) is 9.44. The first-order valence-electron chi connectivity index (χ1n) is 14.9. The van der Waals surface area contributed by atoms with Crippen LogP contribution in [-0.4, -0.2) is 78.4 Å². The lowest BCUT2D eigenvalue weighted by molar-refractivity contribution is -0.219. The molecule has 1 aliphatic heterocycles. The number of hydrogen-bond donors (Lipinski definition) is 3. The summed E-state index contributed by atoms with van der Waals surface area (Å²) in [5, 5.41) is 37.3. The van der Waals surface area contributed by atoms with E-state index in [4.69, 9.17) is 9.47 Å². The number of ether oxygens (including phenoxy) is 2.